The van der Waals surface area contributed by atoms with E-state index in [4.69, 9.17) is 33.8 Å². The number of aryl methyl sites for hydroxylation is 2. The number of hydrogen-bond acceptors (Lipinski definition) is 6. The normalized spacial score (nSPS) is 17.0. The number of nitrogens with two attached hydrogens (primary N) is 4. The Labute approximate surface area is 313 Å². The Morgan fingerprint density at radius 1 is 0.774 bits per heavy atom. The summed E-state index contributed by atoms with van der Waals surface area (Å²) in [6.07, 6.45) is 11.9. The van der Waals surface area contributed by atoms with Gasteiger partial charge in [0.05, 0.1) is 17.6 Å². The molecule has 2 atom stereocenters. The number of amidine groups is 2. The minimum absolute atomic E-state index is 0.102. The van der Waals surface area contributed by atoms with E-state index >= 15 is 0 Å². The van der Waals surface area contributed by atoms with E-state index in [1.807, 2.05) is 28.5 Å². The Bertz CT molecular complexity index is 1730. The van der Waals surface area contributed by atoms with Crippen LogP contribution in [0.3, 0.4) is 0 Å². The zero-order valence-electron chi connectivity index (χ0n) is 32.0. The third kappa shape index (κ3) is 11.2. The molecule has 2 heterocycles. The van der Waals surface area contributed by atoms with Crippen molar-refractivity contribution in [1.82, 2.24) is 19.8 Å². The van der Waals surface area contributed by atoms with Gasteiger partial charge in [-0.2, -0.15) is 0 Å². The second kappa shape index (κ2) is 19.1. The van der Waals surface area contributed by atoms with Gasteiger partial charge in [-0.3, -0.25) is 30.0 Å². The molecule has 3 rings (SSSR count). The van der Waals surface area contributed by atoms with Crippen LogP contribution in [-0.2, 0) is 28.1 Å². The molecule has 290 valence electrons. The first-order valence-corrected chi connectivity index (χ1v) is 18.6. The van der Waals surface area contributed by atoms with Gasteiger partial charge in [0.1, 0.15) is 11.4 Å². The molecule has 12 N–H and O–H groups in total. The third-order valence-corrected chi connectivity index (χ3v) is 9.80. The first-order chi connectivity index (χ1) is 25.0. The summed E-state index contributed by atoms with van der Waals surface area (Å²) >= 11 is 0. The topological polar surface area (TPSA) is 254 Å². The molecule has 14 nitrogen and oxygen atoms in total. The van der Waals surface area contributed by atoms with Crippen LogP contribution in [0.2, 0.25) is 0 Å². The Balaban J connectivity index is 2.18. The van der Waals surface area contributed by atoms with Crippen LogP contribution in [0.15, 0.2) is 42.3 Å². The smallest absolute Gasteiger partial charge is 0.267 e. The summed E-state index contributed by atoms with van der Waals surface area (Å²) in [6, 6.07) is 3.48. The Morgan fingerprint density at radius 3 is 1.72 bits per heavy atom. The maximum absolute atomic E-state index is 13.7. The van der Waals surface area contributed by atoms with Crippen LogP contribution >= 0.6 is 0 Å². The lowest BCUT2D eigenvalue weighted by Crippen LogP contribution is -2.43. The van der Waals surface area contributed by atoms with Gasteiger partial charge in [-0.15, -0.1) is 0 Å². The van der Waals surface area contributed by atoms with Gasteiger partial charge in [0.2, 0.25) is 11.8 Å². The largest absolute Gasteiger partial charge is 0.388 e. The van der Waals surface area contributed by atoms with E-state index in [1.54, 1.807) is 18.2 Å². The Hall–Kier alpha value is -5.14. The van der Waals surface area contributed by atoms with E-state index in [-0.39, 0.29) is 29.1 Å². The van der Waals surface area contributed by atoms with Gasteiger partial charge in [-0.25, -0.2) is 0 Å². The molecular weight excluding hydrogens is 672 g/mol. The monoisotopic (exact) mass is 732 g/mol. The highest BCUT2D eigenvalue weighted by Gasteiger charge is 2.47. The summed E-state index contributed by atoms with van der Waals surface area (Å²) in [4.78, 5) is 53.9. The fourth-order valence-corrected chi connectivity index (χ4v) is 6.72. The van der Waals surface area contributed by atoms with Gasteiger partial charge in [0, 0.05) is 62.4 Å². The average Bonchev–Trinajstić information content (AvgIpc) is 3.70. The van der Waals surface area contributed by atoms with E-state index < -0.39 is 23.1 Å². The van der Waals surface area contributed by atoms with Crippen LogP contribution in [0.5, 0.6) is 0 Å². The van der Waals surface area contributed by atoms with Crippen molar-refractivity contribution in [3.05, 3.63) is 64.8 Å². The summed E-state index contributed by atoms with van der Waals surface area (Å²) in [7, 11) is 0. The molecule has 0 fully saturated rings. The predicted molar refractivity (Wildman–Crippen MR) is 209 cm³/mol. The summed E-state index contributed by atoms with van der Waals surface area (Å²) in [5, 5.41) is 20.9. The van der Waals surface area contributed by atoms with Crippen LogP contribution in [-0.4, -0.2) is 57.5 Å². The molecule has 2 aromatic rings. The number of rotatable bonds is 22. The maximum atomic E-state index is 13.7. The van der Waals surface area contributed by atoms with Crippen LogP contribution in [0.4, 0.5) is 0 Å². The van der Waals surface area contributed by atoms with E-state index in [2.05, 4.69) is 38.3 Å². The number of carbonyl (C=O) groups is 4. The number of nitrogens with zero attached hydrogens (tertiary/aromatic N) is 2. The van der Waals surface area contributed by atoms with Gasteiger partial charge in [0.25, 0.3) is 11.8 Å². The molecule has 0 saturated carbocycles. The van der Waals surface area contributed by atoms with Crippen LogP contribution < -0.4 is 33.6 Å². The molecule has 2 unspecified atom stereocenters. The van der Waals surface area contributed by atoms with Crippen molar-refractivity contribution >= 4 is 40.9 Å². The molecule has 1 aliphatic rings. The van der Waals surface area contributed by atoms with Gasteiger partial charge in [-0.1, -0.05) is 46.8 Å². The molecule has 0 spiro atoms. The zero-order chi connectivity index (χ0) is 39.5. The molecule has 0 radical (unpaired) electrons. The quantitative estimate of drug-likeness (QED) is 0.0505. The second-order valence-corrected chi connectivity index (χ2v) is 15.1. The van der Waals surface area contributed by atoms with Gasteiger partial charge in [-0.05, 0) is 79.2 Å². The Morgan fingerprint density at radius 2 is 1.26 bits per heavy atom. The zero-order valence-corrected chi connectivity index (χ0v) is 32.0. The first kappa shape index (κ1) is 42.3. The van der Waals surface area contributed by atoms with E-state index in [0.29, 0.717) is 105 Å². The number of primary amides is 2. The highest BCUT2D eigenvalue weighted by atomic mass is 16.2. The Kier molecular flexibility index (Phi) is 15.2. The highest BCUT2D eigenvalue weighted by molar-refractivity contribution is 6.08. The minimum atomic E-state index is -1.27. The lowest BCUT2D eigenvalue weighted by Gasteiger charge is -2.40. The van der Waals surface area contributed by atoms with Crippen molar-refractivity contribution in [2.75, 3.05) is 13.1 Å². The van der Waals surface area contributed by atoms with Gasteiger partial charge in [0.15, 0.2) is 0 Å². The molecule has 0 saturated heterocycles. The number of unbranched alkanes of at least 4 members (excludes halogenated alkanes) is 2. The number of hydrogen-bond donors (Lipinski definition) is 8. The average molecular weight is 733 g/mol. The standard InChI is InChI=1S/C39H60N10O4/c1-24(2)14-18-48-22-26(20-30(48)37(52)46-16-8-6-10-32(40)41)34-28(35(44)50)12-13-29(36(45)51)39(34,5)27-21-31(49(23-27)19-15-25(3)4)38(53)47-17-9-7-11-33(42)43/h12-13,20-25,29H,6-11,14-19H2,1-5H3,(H3,40,41)(H3,42,43)(H2,44,50)(H2,45,51)(H,46,52)(H,47,53). The van der Waals surface area contributed by atoms with E-state index in [9.17, 15) is 19.2 Å². The van der Waals surface area contributed by atoms with Gasteiger partial charge >= 0.3 is 0 Å². The molecule has 0 aromatic carbocycles. The molecule has 0 bridgehead atoms. The lowest BCUT2D eigenvalue weighted by molar-refractivity contribution is -0.121. The van der Waals surface area contributed by atoms with Crippen molar-refractivity contribution in [3.63, 3.8) is 0 Å². The van der Waals surface area contributed by atoms with E-state index in [1.165, 1.54) is 6.08 Å². The van der Waals surface area contributed by atoms with Crippen LogP contribution in [0, 0.1) is 28.6 Å². The number of amides is 4. The van der Waals surface area contributed by atoms with Crippen LogP contribution in [0.25, 0.3) is 5.57 Å². The maximum Gasteiger partial charge on any atom is 0.267 e. The molecular formula is C39H60N10O4. The van der Waals surface area contributed by atoms with Crippen molar-refractivity contribution in [2.24, 2.45) is 40.7 Å². The van der Waals surface area contributed by atoms with Gasteiger partial charge < -0.3 is 42.7 Å². The van der Waals surface area contributed by atoms with E-state index in [0.717, 1.165) is 12.8 Å². The first-order valence-electron chi connectivity index (χ1n) is 18.6. The molecule has 53 heavy (non-hydrogen) atoms. The summed E-state index contributed by atoms with van der Waals surface area (Å²) in [5.74, 6) is -1.97. The molecule has 14 heteroatoms. The molecule has 0 aliphatic heterocycles. The SMILES string of the molecule is CC(C)CCn1cc(C2=C(C(N)=O)C=CC(C(N)=O)C2(C)c2cc(C(=O)NCCCCC(=N)N)n(CCC(C)C)c2)cc1C(=O)NCCCCC(=N)N. The summed E-state index contributed by atoms with van der Waals surface area (Å²) in [5.41, 5.74) is 24.3. The summed E-state index contributed by atoms with van der Waals surface area (Å²) in [6.45, 7) is 12.0. The summed E-state index contributed by atoms with van der Waals surface area (Å²) < 4.78 is 3.74. The number of nitrogens with one attached hydrogen (secondary N) is 4. The molecule has 2 aromatic heterocycles. The second-order valence-electron chi connectivity index (χ2n) is 15.1. The third-order valence-electron chi connectivity index (χ3n) is 9.80. The van der Waals surface area contributed by atoms with Crippen molar-refractivity contribution < 1.29 is 19.2 Å². The fourth-order valence-electron chi connectivity index (χ4n) is 6.72. The predicted octanol–water partition coefficient (Wildman–Crippen LogP) is 3.92. The molecule has 4 amide bonds. The number of allylic oxidation sites excluding steroid dienone is 1. The molecule has 1 aliphatic carbocycles. The number of carbonyl (C=O) groups excluding carboxylic acids is 4. The highest BCUT2D eigenvalue weighted by Crippen LogP contribution is 2.50. The number of aromatic nitrogens is 2. The van der Waals surface area contributed by atoms with Crippen LogP contribution in [0.1, 0.15) is 118 Å². The van der Waals surface area contributed by atoms with Crippen molar-refractivity contribution in [2.45, 2.75) is 104 Å². The lowest BCUT2D eigenvalue weighted by atomic mass is 9.62. The van der Waals surface area contributed by atoms with Crippen molar-refractivity contribution in [3.8, 4) is 0 Å². The minimum Gasteiger partial charge on any atom is -0.388 e. The van der Waals surface area contributed by atoms with Crippen molar-refractivity contribution in [1.29, 1.82) is 10.8 Å². The fraction of sp³-hybridized carbons (Fsp3) is 0.538.